The number of rotatable bonds is 8. The number of furan rings is 1. The third-order valence-electron chi connectivity index (χ3n) is 5.38. The monoisotopic (exact) mass is 443 g/mol. The van der Waals surface area contributed by atoms with Gasteiger partial charge < -0.3 is 19.6 Å². The van der Waals surface area contributed by atoms with Crippen molar-refractivity contribution < 1.29 is 14.3 Å². The molecule has 0 spiro atoms. The lowest BCUT2D eigenvalue weighted by Crippen LogP contribution is -2.15. The van der Waals surface area contributed by atoms with Gasteiger partial charge in [0.25, 0.3) is 0 Å². The van der Waals surface area contributed by atoms with Crippen molar-refractivity contribution in [3.63, 3.8) is 0 Å². The zero-order valence-corrected chi connectivity index (χ0v) is 19.9. The Bertz CT molecular complexity index is 1170. The van der Waals surface area contributed by atoms with E-state index >= 15 is 0 Å². The van der Waals surface area contributed by atoms with Gasteiger partial charge in [0.05, 0.1) is 6.26 Å². The first-order chi connectivity index (χ1) is 16.2. The Balaban J connectivity index is 0.00000149. The maximum absolute atomic E-state index is 9.81. The first kappa shape index (κ1) is 24.1. The lowest BCUT2D eigenvalue weighted by atomic mass is 9.88. The van der Waals surface area contributed by atoms with Crippen LogP contribution in [0.4, 0.5) is 0 Å². The molecule has 172 valence electrons. The van der Waals surface area contributed by atoms with Gasteiger partial charge in [0.1, 0.15) is 23.7 Å². The Morgan fingerprint density at radius 3 is 2.15 bits per heavy atom. The summed E-state index contributed by atoms with van der Waals surface area (Å²) in [6.45, 7) is 7.60. The van der Waals surface area contributed by atoms with Crippen LogP contribution in [0.3, 0.4) is 0 Å². The highest BCUT2D eigenvalue weighted by Crippen LogP contribution is 2.36. The minimum absolute atomic E-state index is 0.259. The summed E-state index contributed by atoms with van der Waals surface area (Å²) in [7, 11) is 1.91. The maximum atomic E-state index is 9.81. The Morgan fingerprint density at radius 2 is 1.52 bits per heavy atom. The maximum Gasteiger partial charge on any atom is 0.133 e. The molecule has 33 heavy (non-hydrogen) atoms. The molecule has 4 rings (SSSR count). The van der Waals surface area contributed by atoms with Crippen molar-refractivity contribution in [2.75, 3.05) is 20.2 Å². The smallest absolute Gasteiger partial charge is 0.133 e. The Hall–Kier alpha value is -3.50. The van der Waals surface area contributed by atoms with E-state index in [1.165, 1.54) is 5.57 Å². The number of phenols is 1. The average molecular weight is 444 g/mol. The molecular weight excluding hydrogens is 410 g/mol. The minimum atomic E-state index is 0.259. The number of hydrogen-bond acceptors (Lipinski definition) is 4. The molecule has 0 atom stereocenters. The van der Waals surface area contributed by atoms with Crippen LogP contribution in [0.15, 0.2) is 83.5 Å². The van der Waals surface area contributed by atoms with Gasteiger partial charge in [-0.05, 0) is 83.8 Å². The quantitative estimate of drug-likeness (QED) is 0.225. The summed E-state index contributed by atoms with van der Waals surface area (Å²) in [5.74, 6) is 1.11. The van der Waals surface area contributed by atoms with Gasteiger partial charge in [-0.2, -0.15) is 0 Å². The fraction of sp³-hybridized carbons (Fsp3) is 0.241. The first-order valence-corrected chi connectivity index (χ1v) is 11.6. The summed E-state index contributed by atoms with van der Waals surface area (Å²) in [4.78, 5) is 0. The van der Waals surface area contributed by atoms with E-state index < -0.39 is 0 Å². The van der Waals surface area contributed by atoms with Crippen molar-refractivity contribution in [3.8, 4) is 11.5 Å². The highest BCUT2D eigenvalue weighted by atomic mass is 16.5. The topological polar surface area (TPSA) is 54.6 Å². The summed E-state index contributed by atoms with van der Waals surface area (Å²) in [6, 6.07) is 23.9. The van der Waals surface area contributed by atoms with Gasteiger partial charge >= 0.3 is 0 Å². The van der Waals surface area contributed by atoms with Crippen molar-refractivity contribution in [2.45, 2.75) is 27.2 Å². The number of hydrogen-bond donors (Lipinski definition) is 2. The molecule has 0 amide bonds. The van der Waals surface area contributed by atoms with Gasteiger partial charge in [0.2, 0.25) is 0 Å². The molecule has 3 aromatic carbocycles. The van der Waals surface area contributed by atoms with E-state index in [0.717, 1.165) is 51.9 Å². The molecule has 0 saturated heterocycles. The number of allylic oxidation sites excluding steroid dienone is 1. The summed E-state index contributed by atoms with van der Waals surface area (Å²) in [5, 5.41) is 14.0. The van der Waals surface area contributed by atoms with E-state index in [1.807, 2.05) is 57.3 Å². The molecule has 0 aliphatic rings. The number of phenolic OH excluding ortho intramolecular Hbond substituents is 1. The summed E-state index contributed by atoms with van der Waals surface area (Å²) in [5.41, 5.74) is 6.59. The summed E-state index contributed by atoms with van der Waals surface area (Å²) >= 11 is 0. The lowest BCUT2D eigenvalue weighted by Gasteiger charge is -2.17. The van der Waals surface area contributed by atoms with Gasteiger partial charge in [-0.3, -0.25) is 0 Å². The van der Waals surface area contributed by atoms with E-state index in [2.05, 4.69) is 36.5 Å². The third-order valence-corrected chi connectivity index (χ3v) is 5.38. The van der Waals surface area contributed by atoms with Crippen LogP contribution in [0.1, 0.15) is 43.9 Å². The number of nitrogens with one attached hydrogen (secondary N) is 1. The fourth-order valence-electron chi connectivity index (χ4n) is 3.81. The Labute approximate surface area is 196 Å². The highest BCUT2D eigenvalue weighted by Gasteiger charge is 2.14. The SMILES string of the molecule is CC.CC/C(=C(\c1ccc(O)cc1)c1ccc(OCCNC)cc1)c1ccc2occc2c1. The summed E-state index contributed by atoms with van der Waals surface area (Å²) in [6.07, 6.45) is 2.58. The lowest BCUT2D eigenvalue weighted by molar-refractivity contribution is 0.318. The molecule has 0 unspecified atom stereocenters. The zero-order chi connectivity index (χ0) is 23.6. The number of fused-ring (bicyclic) bond motifs is 1. The molecule has 2 N–H and O–H groups in total. The van der Waals surface area contributed by atoms with Crippen LogP contribution in [0.5, 0.6) is 11.5 Å². The van der Waals surface area contributed by atoms with Crippen LogP contribution in [0.2, 0.25) is 0 Å². The van der Waals surface area contributed by atoms with E-state index in [9.17, 15) is 5.11 Å². The standard InChI is InChI=1S/C27H27NO3.C2H6/c1-3-25(21-8-13-26-22(18-21)14-16-31-26)27(19-4-9-23(29)10-5-19)20-6-11-24(12-7-20)30-17-15-28-2;1-2/h4-14,16,18,28-29H,3,15,17H2,1-2H3;1-2H3/b27-25-;. The second-order valence-electron chi connectivity index (χ2n) is 7.40. The summed E-state index contributed by atoms with van der Waals surface area (Å²) < 4.78 is 11.3. The predicted molar refractivity (Wildman–Crippen MR) is 138 cm³/mol. The van der Waals surface area contributed by atoms with E-state index in [0.29, 0.717) is 6.61 Å². The molecule has 0 aliphatic carbocycles. The second-order valence-corrected chi connectivity index (χ2v) is 7.40. The molecular formula is C29H33NO3. The largest absolute Gasteiger partial charge is 0.508 e. The Morgan fingerprint density at radius 1 is 0.879 bits per heavy atom. The number of aromatic hydroxyl groups is 1. The second kappa shape index (κ2) is 11.9. The van der Waals surface area contributed by atoms with Gasteiger partial charge in [0.15, 0.2) is 0 Å². The van der Waals surface area contributed by atoms with E-state index in [-0.39, 0.29) is 5.75 Å². The highest BCUT2D eigenvalue weighted by molar-refractivity contribution is 6.00. The van der Waals surface area contributed by atoms with Crippen LogP contribution in [-0.4, -0.2) is 25.3 Å². The van der Waals surface area contributed by atoms with Crippen LogP contribution < -0.4 is 10.1 Å². The number of likely N-dealkylation sites (N-methyl/N-ethyl adjacent to an activating group) is 1. The van der Waals surface area contributed by atoms with Gasteiger partial charge in [-0.15, -0.1) is 0 Å². The van der Waals surface area contributed by atoms with Gasteiger partial charge in [0, 0.05) is 11.9 Å². The van der Waals surface area contributed by atoms with E-state index in [1.54, 1.807) is 18.4 Å². The van der Waals surface area contributed by atoms with Crippen LogP contribution >= 0.6 is 0 Å². The molecule has 0 saturated carbocycles. The van der Waals surface area contributed by atoms with Crippen LogP contribution in [0.25, 0.3) is 22.1 Å². The molecule has 4 heteroatoms. The molecule has 0 fully saturated rings. The van der Waals surface area contributed by atoms with Crippen molar-refractivity contribution in [3.05, 3.63) is 95.7 Å². The third kappa shape index (κ3) is 5.85. The number of benzene rings is 3. The van der Waals surface area contributed by atoms with Crippen molar-refractivity contribution in [2.24, 2.45) is 0 Å². The normalized spacial score (nSPS) is 11.5. The fourth-order valence-corrected chi connectivity index (χ4v) is 3.81. The van der Waals surface area contributed by atoms with Crippen molar-refractivity contribution in [1.29, 1.82) is 0 Å². The minimum Gasteiger partial charge on any atom is -0.508 e. The average Bonchev–Trinajstić information content (AvgIpc) is 3.33. The van der Waals surface area contributed by atoms with Crippen molar-refractivity contribution >= 4 is 22.1 Å². The molecule has 0 bridgehead atoms. The molecule has 0 aliphatic heterocycles. The molecule has 1 aromatic heterocycles. The van der Waals surface area contributed by atoms with Gasteiger partial charge in [-0.1, -0.05) is 51.1 Å². The van der Waals surface area contributed by atoms with Crippen LogP contribution in [0, 0.1) is 0 Å². The molecule has 0 radical (unpaired) electrons. The van der Waals surface area contributed by atoms with Gasteiger partial charge in [-0.25, -0.2) is 0 Å². The Kier molecular flexibility index (Phi) is 8.73. The number of ether oxygens (including phenoxy) is 1. The molecule has 4 nitrogen and oxygen atoms in total. The van der Waals surface area contributed by atoms with E-state index in [4.69, 9.17) is 9.15 Å². The first-order valence-electron chi connectivity index (χ1n) is 11.6. The van der Waals surface area contributed by atoms with Crippen molar-refractivity contribution in [1.82, 2.24) is 5.32 Å². The zero-order valence-electron chi connectivity index (χ0n) is 19.9. The predicted octanol–water partition coefficient (Wildman–Crippen LogP) is 7.13. The molecule has 4 aromatic rings. The van der Waals surface area contributed by atoms with Crippen LogP contribution in [-0.2, 0) is 0 Å². The molecule has 1 heterocycles.